The van der Waals surface area contributed by atoms with Crippen molar-refractivity contribution in [3.8, 4) is 6.07 Å². The van der Waals surface area contributed by atoms with E-state index in [1.165, 1.54) is 6.07 Å². The Labute approximate surface area is 195 Å². The number of nitrogens with one attached hydrogen (secondary N) is 1. The van der Waals surface area contributed by atoms with E-state index in [4.69, 9.17) is 16.7 Å². The Bertz CT molecular complexity index is 1120. The Morgan fingerprint density at radius 1 is 1.09 bits per heavy atom. The molecule has 170 valence electrons. The van der Waals surface area contributed by atoms with E-state index in [2.05, 4.69) is 24.1 Å². The molecule has 6 N–H and O–H groups in total. The van der Waals surface area contributed by atoms with Crippen LogP contribution in [0.4, 0.5) is 17.2 Å². The summed E-state index contributed by atoms with van der Waals surface area (Å²) >= 11 is 0. The summed E-state index contributed by atoms with van der Waals surface area (Å²) in [6, 6.07) is 22.9. The Kier molecular flexibility index (Phi) is 7.16. The second-order valence-corrected chi connectivity index (χ2v) is 12.6. The maximum atomic E-state index is 12.5. The summed E-state index contributed by atoms with van der Waals surface area (Å²) in [6.45, 7) is 4.14. The molecular formula is C25H29N5O2Si. The Morgan fingerprint density at radius 2 is 1.64 bits per heavy atom. The zero-order valence-corrected chi connectivity index (χ0v) is 19.9. The van der Waals surface area contributed by atoms with E-state index in [9.17, 15) is 9.59 Å². The van der Waals surface area contributed by atoms with Crippen LogP contribution in [0.2, 0.25) is 5.04 Å². The minimum absolute atomic E-state index is 0.0202. The normalized spacial score (nSPS) is 11.6. The van der Waals surface area contributed by atoms with E-state index in [0.29, 0.717) is 12.8 Å². The van der Waals surface area contributed by atoms with Gasteiger partial charge in [0.15, 0.2) is 5.69 Å². The molecule has 3 rings (SSSR count). The van der Waals surface area contributed by atoms with Gasteiger partial charge in [0.2, 0.25) is 5.91 Å². The molecule has 0 aliphatic heterocycles. The molecule has 0 unspecified atom stereocenters. The molecule has 0 aliphatic carbocycles. The van der Waals surface area contributed by atoms with E-state index >= 15 is 0 Å². The molecule has 0 spiro atoms. The van der Waals surface area contributed by atoms with Crippen LogP contribution in [0.5, 0.6) is 0 Å². The summed E-state index contributed by atoms with van der Waals surface area (Å²) < 4.78 is 0. The lowest BCUT2D eigenvalue weighted by Gasteiger charge is -2.41. The molecule has 3 aromatic rings. The fraction of sp³-hybridized carbons (Fsp3) is 0.240. The molecule has 1 aromatic heterocycles. The van der Waals surface area contributed by atoms with Crippen LogP contribution in [0, 0.1) is 11.3 Å². The largest absolute Gasteiger partial charge is 0.424 e. The molecule has 0 atom stereocenters. The third-order valence-electron chi connectivity index (χ3n) is 6.03. The summed E-state index contributed by atoms with van der Waals surface area (Å²) in [4.78, 5) is 28.7. The summed E-state index contributed by atoms with van der Waals surface area (Å²) in [5, 5.41) is 13.2. The number of carbonyl (C=O) groups is 1. The van der Waals surface area contributed by atoms with E-state index in [1.54, 1.807) is 0 Å². The van der Waals surface area contributed by atoms with Crippen molar-refractivity contribution in [1.82, 2.24) is 4.98 Å². The van der Waals surface area contributed by atoms with Crippen molar-refractivity contribution in [2.75, 3.05) is 16.8 Å². The predicted octanol–water partition coefficient (Wildman–Crippen LogP) is 2.76. The van der Waals surface area contributed by atoms with Gasteiger partial charge in [0.1, 0.15) is 11.9 Å². The molecule has 0 bridgehead atoms. The molecule has 2 aromatic carbocycles. The minimum Gasteiger partial charge on any atom is -0.424 e. The van der Waals surface area contributed by atoms with Crippen molar-refractivity contribution in [1.29, 1.82) is 5.26 Å². The van der Waals surface area contributed by atoms with Gasteiger partial charge in [-0.25, -0.2) is 4.98 Å². The van der Waals surface area contributed by atoms with Gasteiger partial charge in [0, 0.05) is 12.5 Å². The van der Waals surface area contributed by atoms with E-state index in [1.807, 2.05) is 66.7 Å². The Morgan fingerprint density at radius 3 is 2.15 bits per heavy atom. The number of hydrogen-bond acceptors (Lipinski definition) is 6. The zero-order valence-electron chi connectivity index (χ0n) is 18.9. The van der Waals surface area contributed by atoms with Crippen LogP contribution in [0.3, 0.4) is 0 Å². The van der Waals surface area contributed by atoms with Crippen molar-refractivity contribution < 1.29 is 9.59 Å². The number of nitriles is 1. The number of aromatic nitrogens is 1. The minimum atomic E-state index is -3.11. The molecule has 0 radical (unpaired) electrons. The summed E-state index contributed by atoms with van der Waals surface area (Å²) in [5.74, 6) is -0.0436. The zero-order chi connectivity index (χ0) is 24.1. The number of carbonyl (C=O) groups excluding carboxylic acids is 1. The van der Waals surface area contributed by atoms with Gasteiger partial charge in [0.25, 0.3) is 8.32 Å². The number of anilines is 3. The number of hydrogen-bond donors (Lipinski definition) is 4. The van der Waals surface area contributed by atoms with Crippen molar-refractivity contribution >= 4 is 41.8 Å². The van der Waals surface area contributed by atoms with Crippen LogP contribution in [-0.4, -0.2) is 24.0 Å². The van der Waals surface area contributed by atoms with Crippen LogP contribution < -0.4 is 27.2 Å². The highest BCUT2D eigenvalue weighted by molar-refractivity contribution is 6.98. The Balaban J connectivity index is 1.73. The molecule has 0 saturated carbocycles. The van der Waals surface area contributed by atoms with E-state index in [0.717, 1.165) is 10.4 Å². The molecule has 1 heterocycles. The standard InChI is InChI=1S/C25H29N5O2Si/c1-25(2,33(32,18-10-5-3-6-11-18)19-12-7-4-8-13-19)15-9-14-23(31)30-22-16-20(27)24(28)21(17-26)29-22/h3-8,10-13,16,32H,9,14-15,28H2,1-2H3,(H3,27,29,30,31). The number of nitrogens with two attached hydrogens (primary N) is 2. The van der Waals surface area contributed by atoms with Crippen molar-refractivity contribution in [2.24, 2.45) is 0 Å². The first kappa shape index (κ1) is 24.0. The summed E-state index contributed by atoms with van der Waals surface area (Å²) in [6.07, 6.45) is 1.46. The second kappa shape index (κ2) is 9.86. The molecule has 0 aliphatic rings. The van der Waals surface area contributed by atoms with Gasteiger partial charge in [0.05, 0.1) is 11.4 Å². The topological polar surface area (TPSA) is 138 Å². The maximum absolute atomic E-state index is 12.5. The lowest BCUT2D eigenvalue weighted by atomic mass is 10.0. The molecule has 8 heteroatoms. The van der Waals surface area contributed by atoms with Gasteiger partial charge in [-0.15, -0.1) is 0 Å². The van der Waals surface area contributed by atoms with Gasteiger partial charge in [-0.2, -0.15) is 5.26 Å². The maximum Gasteiger partial charge on any atom is 0.258 e. The van der Waals surface area contributed by atoms with Gasteiger partial charge >= 0.3 is 0 Å². The number of amides is 1. The number of rotatable bonds is 8. The monoisotopic (exact) mass is 459 g/mol. The number of pyridine rings is 1. The van der Waals surface area contributed by atoms with Gasteiger partial charge < -0.3 is 21.6 Å². The number of nitrogens with zero attached hydrogens (tertiary/aromatic N) is 2. The van der Waals surface area contributed by atoms with Gasteiger partial charge in [-0.1, -0.05) is 74.5 Å². The lowest BCUT2D eigenvalue weighted by molar-refractivity contribution is -0.116. The second-order valence-electron chi connectivity index (χ2n) is 8.70. The first-order valence-electron chi connectivity index (χ1n) is 10.8. The van der Waals surface area contributed by atoms with Crippen LogP contribution in [-0.2, 0) is 4.79 Å². The first-order chi connectivity index (χ1) is 15.7. The first-order valence-corrected chi connectivity index (χ1v) is 12.7. The third-order valence-corrected chi connectivity index (χ3v) is 10.6. The quantitative estimate of drug-likeness (QED) is 0.382. The lowest BCUT2D eigenvalue weighted by Crippen LogP contribution is -2.65. The van der Waals surface area contributed by atoms with Crippen LogP contribution >= 0.6 is 0 Å². The highest BCUT2D eigenvalue weighted by atomic mass is 28.4. The molecular weight excluding hydrogens is 430 g/mol. The van der Waals surface area contributed by atoms with Crippen molar-refractivity contribution in [2.45, 2.75) is 38.1 Å². The average Bonchev–Trinajstić information content (AvgIpc) is 2.81. The van der Waals surface area contributed by atoms with Crippen LogP contribution in [0.1, 0.15) is 38.8 Å². The summed E-state index contributed by atoms with van der Waals surface area (Å²) in [7, 11) is -3.11. The molecule has 0 fully saturated rings. The highest BCUT2D eigenvalue weighted by Gasteiger charge is 2.49. The van der Waals surface area contributed by atoms with Crippen LogP contribution in [0.15, 0.2) is 66.7 Å². The van der Waals surface area contributed by atoms with Crippen molar-refractivity contribution in [3.63, 3.8) is 0 Å². The summed E-state index contributed by atoms with van der Waals surface area (Å²) in [5.41, 5.74) is 11.8. The van der Waals surface area contributed by atoms with E-state index in [-0.39, 0.29) is 35.2 Å². The van der Waals surface area contributed by atoms with Gasteiger partial charge in [-0.3, -0.25) is 4.79 Å². The van der Waals surface area contributed by atoms with Gasteiger partial charge in [-0.05, 0) is 28.3 Å². The third kappa shape index (κ3) is 5.05. The number of benzene rings is 2. The van der Waals surface area contributed by atoms with Crippen LogP contribution in [0.25, 0.3) is 0 Å². The predicted molar refractivity (Wildman–Crippen MR) is 134 cm³/mol. The fourth-order valence-electron chi connectivity index (χ4n) is 4.11. The average molecular weight is 460 g/mol. The van der Waals surface area contributed by atoms with E-state index < -0.39 is 13.4 Å². The SMILES string of the molecule is CC(C)(CCCC(=O)Nc1cc(N)c(N)c(C#N)n1)[Si](O)(c1ccccc1)c1ccccc1. The highest BCUT2D eigenvalue weighted by Crippen LogP contribution is 2.40. The molecule has 1 amide bonds. The fourth-order valence-corrected chi connectivity index (χ4v) is 7.89. The Hall–Kier alpha value is -3.67. The number of nitrogen functional groups attached to an aromatic ring is 2. The molecule has 7 nitrogen and oxygen atoms in total. The van der Waals surface area contributed by atoms with Crippen molar-refractivity contribution in [3.05, 3.63) is 72.4 Å². The molecule has 33 heavy (non-hydrogen) atoms. The molecule has 0 saturated heterocycles. The smallest absolute Gasteiger partial charge is 0.258 e.